The Kier molecular flexibility index (Phi) is 5.84. The molecule has 0 bridgehead atoms. The molecule has 136 valence electrons. The van der Waals surface area contributed by atoms with E-state index in [-0.39, 0.29) is 17.5 Å². The number of rotatable bonds is 7. The second-order valence-corrected chi connectivity index (χ2v) is 5.72. The normalized spacial score (nSPS) is 11.3. The minimum Gasteiger partial charge on any atom is -0.491 e. The number of hydrogen-bond acceptors (Lipinski definition) is 7. The first-order valence-corrected chi connectivity index (χ1v) is 7.78. The van der Waals surface area contributed by atoms with Crippen LogP contribution in [0, 0.1) is 20.2 Å². The van der Waals surface area contributed by atoms with Crippen LogP contribution in [0.3, 0.4) is 0 Å². The van der Waals surface area contributed by atoms with E-state index < -0.39 is 15.5 Å². The van der Waals surface area contributed by atoms with E-state index in [1.54, 1.807) is 6.92 Å². The zero-order chi connectivity index (χ0) is 19.3. The molecule has 0 fully saturated rings. The van der Waals surface area contributed by atoms with Gasteiger partial charge >= 0.3 is 5.69 Å². The third-order valence-electron chi connectivity index (χ3n) is 3.38. The van der Waals surface area contributed by atoms with Crippen molar-refractivity contribution < 1.29 is 14.6 Å². The third kappa shape index (κ3) is 4.76. The summed E-state index contributed by atoms with van der Waals surface area (Å²) < 4.78 is 5.57. The number of nitro groups is 2. The van der Waals surface area contributed by atoms with Gasteiger partial charge in [-0.15, -0.1) is 0 Å². The first-order valence-electron chi connectivity index (χ1n) is 7.78. The summed E-state index contributed by atoms with van der Waals surface area (Å²) in [7, 11) is 0. The van der Waals surface area contributed by atoms with Gasteiger partial charge in [-0.1, -0.05) is 0 Å². The topological polar surface area (TPSA) is 120 Å². The lowest BCUT2D eigenvalue weighted by atomic mass is 10.1. The summed E-state index contributed by atoms with van der Waals surface area (Å²) in [5.74, 6) is 0.732. The zero-order valence-electron chi connectivity index (χ0n) is 14.5. The highest BCUT2D eigenvalue weighted by Crippen LogP contribution is 2.29. The quantitative estimate of drug-likeness (QED) is 0.451. The van der Waals surface area contributed by atoms with Gasteiger partial charge in [0.05, 0.1) is 27.7 Å². The Bertz CT molecular complexity index is 847. The summed E-state index contributed by atoms with van der Waals surface area (Å²) >= 11 is 0. The highest BCUT2D eigenvalue weighted by Gasteiger charge is 2.19. The van der Waals surface area contributed by atoms with Crippen molar-refractivity contribution in [1.29, 1.82) is 0 Å². The van der Waals surface area contributed by atoms with Gasteiger partial charge in [0.25, 0.3) is 5.69 Å². The molecule has 0 radical (unpaired) electrons. The minimum absolute atomic E-state index is 0.0692. The van der Waals surface area contributed by atoms with Crippen molar-refractivity contribution in [3.05, 3.63) is 68.3 Å². The molecule has 0 spiro atoms. The van der Waals surface area contributed by atoms with E-state index in [4.69, 9.17) is 4.74 Å². The Morgan fingerprint density at radius 3 is 2.27 bits per heavy atom. The number of nitro benzene ring substituents is 2. The molecular formula is C17H18N4O5. The summed E-state index contributed by atoms with van der Waals surface area (Å²) in [6, 6.07) is 10.6. The van der Waals surface area contributed by atoms with Crippen LogP contribution in [0.1, 0.15) is 26.3 Å². The smallest absolute Gasteiger partial charge is 0.301 e. The molecule has 0 unspecified atom stereocenters. The predicted molar refractivity (Wildman–Crippen MR) is 97.8 cm³/mol. The van der Waals surface area contributed by atoms with E-state index in [0.717, 1.165) is 17.4 Å². The molecule has 0 heterocycles. The summed E-state index contributed by atoms with van der Waals surface area (Å²) in [4.78, 5) is 20.5. The van der Waals surface area contributed by atoms with Gasteiger partial charge in [-0.2, -0.15) is 5.10 Å². The van der Waals surface area contributed by atoms with Crippen LogP contribution in [0.25, 0.3) is 0 Å². The molecule has 2 rings (SSSR count). The lowest BCUT2D eigenvalue weighted by Gasteiger charge is -2.10. The largest absolute Gasteiger partial charge is 0.491 e. The number of hydrazone groups is 1. The van der Waals surface area contributed by atoms with E-state index >= 15 is 0 Å². The van der Waals surface area contributed by atoms with Gasteiger partial charge < -0.3 is 4.74 Å². The molecule has 26 heavy (non-hydrogen) atoms. The summed E-state index contributed by atoms with van der Waals surface area (Å²) in [6.45, 7) is 5.60. The lowest BCUT2D eigenvalue weighted by Crippen LogP contribution is -2.06. The van der Waals surface area contributed by atoms with E-state index in [0.29, 0.717) is 5.71 Å². The molecule has 0 amide bonds. The lowest BCUT2D eigenvalue weighted by molar-refractivity contribution is -0.393. The van der Waals surface area contributed by atoms with Crippen molar-refractivity contribution in [3.63, 3.8) is 0 Å². The van der Waals surface area contributed by atoms with Crippen LogP contribution in [-0.2, 0) is 0 Å². The average Bonchev–Trinajstić information content (AvgIpc) is 2.59. The van der Waals surface area contributed by atoms with E-state index in [2.05, 4.69) is 10.5 Å². The minimum atomic E-state index is -0.696. The maximum absolute atomic E-state index is 11.1. The van der Waals surface area contributed by atoms with Crippen LogP contribution < -0.4 is 10.2 Å². The molecule has 2 aromatic carbocycles. The summed E-state index contributed by atoms with van der Waals surface area (Å²) in [6.07, 6.45) is 0.0694. The van der Waals surface area contributed by atoms with E-state index in [9.17, 15) is 20.2 Å². The number of nitrogens with zero attached hydrogens (tertiary/aromatic N) is 3. The molecular weight excluding hydrogens is 340 g/mol. The zero-order valence-corrected chi connectivity index (χ0v) is 14.5. The number of benzene rings is 2. The number of anilines is 1. The molecule has 9 heteroatoms. The summed E-state index contributed by atoms with van der Waals surface area (Å²) in [5.41, 5.74) is 3.29. The number of non-ortho nitro benzene ring substituents is 1. The fourth-order valence-corrected chi connectivity index (χ4v) is 2.13. The molecule has 0 saturated carbocycles. The highest BCUT2D eigenvalue weighted by atomic mass is 16.6. The van der Waals surface area contributed by atoms with Gasteiger partial charge in [-0.25, -0.2) is 0 Å². The fourth-order valence-electron chi connectivity index (χ4n) is 2.13. The Morgan fingerprint density at radius 1 is 1.08 bits per heavy atom. The van der Waals surface area contributed by atoms with Crippen molar-refractivity contribution >= 4 is 22.8 Å². The average molecular weight is 358 g/mol. The van der Waals surface area contributed by atoms with E-state index in [1.165, 1.54) is 12.1 Å². The standard InChI is InChI=1S/C17H18N4O5/c1-11(2)26-15-7-4-13(5-8-15)12(3)18-19-16-9-6-14(20(22)23)10-17(16)21(24)25/h4-11,19H,1-3H3/b18-12+. The van der Waals surface area contributed by atoms with Crippen LogP contribution >= 0.6 is 0 Å². The van der Waals surface area contributed by atoms with Crippen LogP contribution in [0.5, 0.6) is 5.75 Å². The molecule has 1 N–H and O–H groups in total. The Morgan fingerprint density at radius 2 is 1.73 bits per heavy atom. The number of ether oxygens (including phenoxy) is 1. The third-order valence-corrected chi connectivity index (χ3v) is 3.38. The van der Waals surface area contributed by atoms with Gasteiger partial charge in [-0.05, 0) is 56.7 Å². The van der Waals surface area contributed by atoms with Crippen LogP contribution in [-0.4, -0.2) is 21.7 Å². The van der Waals surface area contributed by atoms with Crippen molar-refractivity contribution in [1.82, 2.24) is 0 Å². The molecule has 2 aromatic rings. The number of hydrogen-bond donors (Lipinski definition) is 1. The molecule has 0 aromatic heterocycles. The first-order chi connectivity index (χ1) is 12.3. The van der Waals surface area contributed by atoms with Gasteiger partial charge in [0.2, 0.25) is 0 Å². The predicted octanol–water partition coefficient (Wildman–Crippen LogP) is 4.13. The van der Waals surface area contributed by atoms with Crippen molar-refractivity contribution in [2.45, 2.75) is 26.9 Å². The molecule has 0 aliphatic heterocycles. The molecule has 0 aliphatic carbocycles. The molecule has 0 saturated heterocycles. The highest BCUT2D eigenvalue weighted by molar-refractivity contribution is 5.99. The van der Waals surface area contributed by atoms with Crippen LogP contribution in [0.15, 0.2) is 47.6 Å². The van der Waals surface area contributed by atoms with Crippen molar-refractivity contribution in [2.75, 3.05) is 5.43 Å². The van der Waals surface area contributed by atoms with E-state index in [1.807, 2.05) is 38.1 Å². The molecule has 9 nitrogen and oxygen atoms in total. The number of nitrogens with one attached hydrogen (secondary N) is 1. The summed E-state index contributed by atoms with van der Waals surface area (Å²) in [5, 5.41) is 26.0. The second-order valence-electron chi connectivity index (χ2n) is 5.72. The van der Waals surface area contributed by atoms with Gasteiger partial charge in [0.1, 0.15) is 11.4 Å². The second kappa shape index (κ2) is 8.06. The maximum atomic E-state index is 11.1. The van der Waals surface area contributed by atoms with Crippen molar-refractivity contribution in [3.8, 4) is 5.75 Å². The van der Waals surface area contributed by atoms with Gasteiger partial charge in [0.15, 0.2) is 0 Å². The Labute approximate surface area is 149 Å². The Hall–Kier alpha value is -3.49. The Balaban J connectivity index is 2.20. The molecule has 0 aliphatic rings. The van der Waals surface area contributed by atoms with Gasteiger partial charge in [0, 0.05) is 6.07 Å². The maximum Gasteiger partial charge on any atom is 0.301 e. The SMILES string of the molecule is C/C(=N\Nc1ccc([N+](=O)[O-])cc1[N+](=O)[O-])c1ccc(OC(C)C)cc1. The monoisotopic (exact) mass is 358 g/mol. The van der Waals surface area contributed by atoms with Crippen LogP contribution in [0.4, 0.5) is 17.1 Å². The first kappa shape index (κ1) is 18.8. The van der Waals surface area contributed by atoms with Gasteiger partial charge in [-0.3, -0.25) is 25.7 Å². The molecule has 0 atom stereocenters. The fraction of sp³-hybridized carbons (Fsp3) is 0.235. The van der Waals surface area contributed by atoms with Crippen molar-refractivity contribution in [2.24, 2.45) is 5.10 Å². The van der Waals surface area contributed by atoms with Crippen LogP contribution in [0.2, 0.25) is 0 Å².